The van der Waals surface area contributed by atoms with Crippen molar-refractivity contribution in [2.45, 2.75) is 24.5 Å². The highest BCUT2D eigenvalue weighted by molar-refractivity contribution is 7.82. The lowest BCUT2D eigenvalue weighted by Crippen LogP contribution is -2.24. The third kappa shape index (κ3) is 0.923. The summed E-state index contributed by atoms with van der Waals surface area (Å²) in [5, 5.41) is 0. The Morgan fingerprint density at radius 2 is 2.11 bits per heavy atom. The predicted molar refractivity (Wildman–Crippen MR) is 33.4 cm³/mol. The van der Waals surface area contributed by atoms with Crippen LogP contribution in [0.15, 0.2) is 0 Å². The van der Waals surface area contributed by atoms with Crippen LogP contribution in [0.1, 0.15) is 19.8 Å². The van der Waals surface area contributed by atoms with Crippen molar-refractivity contribution in [2.75, 3.05) is 0 Å². The number of carbonyl (C=O) groups is 1. The van der Waals surface area contributed by atoms with Crippen LogP contribution in [0.5, 0.6) is 0 Å². The van der Waals surface area contributed by atoms with Gasteiger partial charge in [-0.1, -0.05) is 0 Å². The monoisotopic (exact) mass is 148 g/mol. The van der Waals surface area contributed by atoms with Crippen LogP contribution >= 0.6 is 0 Å². The molecule has 0 aromatic carbocycles. The summed E-state index contributed by atoms with van der Waals surface area (Å²) in [6.45, 7) is 1.36. The van der Waals surface area contributed by atoms with Gasteiger partial charge in [0.25, 0.3) is 0 Å². The first-order valence-electron chi connectivity index (χ1n) is 2.71. The molecule has 1 N–H and O–H groups in total. The van der Waals surface area contributed by atoms with Crippen molar-refractivity contribution in [1.29, 1.82) is 0 Å². The average Bonchev–Trinajstić information content (AvgIpc) is 2.40. The minimum atomic E-state index is -1.94. The molecule has 0 spiro atoms. The van der Waals surface area contributed by atoms with Crippen molar-refractivity contribution < 1.29 is 13.6 Å². The van der Waals surface area contributed by atoms with Gasteiger partial charge < -0.3 is 4.55 Å². The third-order valence-corrected chi connectivity index (χ3v) is 3.04. The zero-order valence-electron chi connectivity index (χ0n) is 5.09. The minimum absolute atomic E-state index is 0.164. The van der Waals surface area contributed by atoms with E-state index >= 15 is 0 Å². The molecule has 0 aromatic rings. The molecule has 0 saturated heterocycles. The normalized spacial score (nSPS) is 25.1. The van der Waals surface area contributed by atoms with Crippen molar-refractivity contribution in [3.05, 3.63) is 0 Å². The Morgan fingerprint density at radius 3 is 2.11 bits per heavy atom. The van der Waals surface area contributed by atoms with Gasteiger partial charge in [0.05, 0.1) is 0 Å². The molecule has 4 heteroatoms. The zero-order valence-corrected chi connectivity index (χ0v) is 5.90. The molecule has 52 valence electrons. The van der Waals surface area contributed by atoms with Crippen molar-refractivity contribution in [1.82, 2.24) is 0 Å². The lowest BCUT2D eigenvalue weighted by Gasteiger charge is -2.02. The summed E-state index contributed by atoms with van der Waals surface area (Å²) < 4.78 is 18.1. The Balaban J connectivity index is 2.75. The van der Waals surface area contributed by atoms with E-state index in [0.29, 0.717) is 12.8 Å². The van der Waals surface area contributed by atoms with Gasteiger partial charge in [-0.3, -0.25) is 4.79 Å². The number of carbonyl (C=O) groups excluding carboxylic acids is 1. The Hall–Kier alpha value is -0.220. The fourth-order valence-electron chi connectivity index (χ4n) is 0.763. The van der Waals surface area contributed by atoms with Crippen LogP contribution in [0.4, 0.5) is 0 Å². The van der Waals surface area contributed by atoms with Gasteiger partial charge in [0, 0.05) is 0 Å². The molecule has 3 nitrogen and oxygen atoms in total. The smallest absolute Gasteiger partial charge is 0.166 e. The molecule has 1 rings (SSSR count). The van der Waals surface area contributed by atoms with E-state index in [1.165, 1.54) is 6.92 Å². The summed E-state index contributed by atoms with van der Waals surface area (Å²) in [6.07, 6.45) is 1.15. The van der Waals surface area contributed by atoms with Gasteiger partial charge >= 0.3 is 0 Å². The summed E-state index contributed by atoms with van der Waals surface area (Å²) in [4.78, 5) is 10.6. The van der Waals surface area contributed by atoms with Crippen LogP contribution in [-0.2, 0) is 15.9 Å². The fourth-order valence-corrected chi connectivity index (χ4v) is 1.46. The van der Waals surface area contributed by atoms with Crippen LogP contribution in [0.3, 0.4) is 0 Å². The highest BCUT2D eigenvalue weighted by Crippen LogP contribution is 2.41. The molecule has 0 amide bonds. The summed E-state index contributed by atoms with van der Waals surface area (Å²) >= 11 is -1.94. The van der Waals surface area contributed by atoms with Crippen molar-refractivity contribution >= 4 is 16.9 Å². The Morgan fingerprint density at radius 1 is 1.67 bits per heavy atom. The van der Waals surface area contributed by atoms with E-state index in [1.807, 2.05) is 0 Å². The van der Waals surface area contributed by atoms with E-state index in [1.54, 1.807) is 0 Å². The molecule has 9 heavy (non-hydrogen) atoms. The lowest BCUT2D eigenvalue weighted by atomic mass is 10.3. The second kappa shape index (κ2) is 1.88. The molecule has 0 heterocycles. The SMILES string of the molecule is CC(=O)C1(S(=O)O)CC1. The summed E-state index contributed by atoms with van der Waals surface area (Å²) in [5.41, 5.74) is 0. The molecular weight excluding hydrogens is 140 g/mol. The third-order valence-electron chi connectivity index (χ3n) is 1.68. The standard InChI is InChI=1S/C5H8O3S/c1-4(6)5(2-3-5)9(7)8/h2-3H2,1H3,(H,7,8). The maximum absolute atomic E-state index is 10.6. The predicted octanol–water partition coefficient (Wildman–Crippen LogP) is 0.330. The largest absolute Gasteiger partial charge is 0.305 e. The first-order valence-corrected chi connectivity index (χ1v) is 3.82. The molecule has 1 aliphatic carbocycles. The van der Waals surface area contributed by atoms with E-state index in [9.17, 15) is 9.00 Å². The molecule has 1 unspecified atom stereocenters. The van der Waals surface area contributed by atoms with E-state index in [-0.39, 0.29) is 5.78 Å². The topological polar surface area (TPSA) is 54.4 Å². The van der Waals surface area contributed by atoms with Gasteiger partial charge in [-0.05, 0) is 19.8 Å². The molecule has 1 saturated carbocycles. The van der Waals surface area contributed by atoms with Crippen molar-refractivity contribution in [3.8, 4) is 0 Å². The maximum atomic E-state index is 10.6. The first-order chi connectivity index (χ1) is 4.09. The molecule has 1 atom stereocenters. The average molecular weight is 148 g/mol. The second-order valence-electron chi connectivity index (χ2n) is 2.30. The number of hydrogen-bond donors (Lipinski definition) is 1. The Bertz CT molecular complexity index is 155. The molecule has 1 fully saturated rings. The minimum Gasteiger partial charge on any atom is -0.305 e. The number of hydrogen-bond acceptors (Lipinski definition) is 2. The molecule has 0 radical (unpaired) electrons. The van der Waals surface area contributed by atoms with Gasteiger partial charge in [0.2, 0.25) is 0 Å². The molecule has 0 bridgehead atoms. The second-order valence-corrected chi connectivity index (χ2v) is 3.58. The van der Waals surface area contributed by atoms with Crippen LogP contribution in [0.2, 0.25) is 0 Å². The van der Waals surface area contributed by atoms with Crippen LogP contribution in [0, 0.1) is 0 Å². The quantitative estimate of drug-likeness (QED) is 0.574. The van der Waals surface area contributed by atoms with E-state index in [2.05, 4.69) is 0 Å². The fraction of sp³-hybridized carbons (Fsp3) is 0.800. The van der Waals surface area contributed by atoms with Gasteiger partial charge in [-0.15, -0.1) is 0 Å². The van der Waals surface area contributed by atoms with Gasteiger partial charge in [-0.2, -0.15) is 0 Å². The van der Waals surface area contributed by atoms with E-state index in [0.717, 1.165) is 0 Å². The van der Waals surface area contributed by atoms with E-state index < -0.39 is 15.8 Å². The van der Waals surface area contributed by atoms with Crippen LogP contribution < -0.4 is 0 Å². The summed E-state index contributed by atoms with van der Waals surface area (Å²) in [7, 11) is 0. The molecule has 0 aliphatic heterocycles. The molecular formula is C5H8O3S. The van der Waals surface area contributed by atoms with Crippen LogP contribution in [0.25, 0.3) is 0 Å². The Kier molecular flexibility index (Phi) is 1.44. The highest BCUT2D eigenvalue weighted by atomic mass is 32.2. The maximum Gasteiger partial charge on any atom is 0.166 e. The highest BCUT2D eigenvalue weighted by Gasteiger charge is 2.53. The van der Waals surface area contributed by atoms with Gasteiger partial charge in [0.1, 0.15) is 4.75 Å². The van der Waals surface area contributed by atoms with Gasteiger partial charge in [0.15, 0.2) is 16.9 Å². The lowest BCUT2D eigenvalue weighted by molar-refractivity contribution is -0.117. The van der Waals surface area contributed by atoms with Crippen molar-refractivity contribution in [2.24, 2.45) is 0 Å². The van der Waals surface area contributed by atoms with Crippen molar-refractivity contribution in [3.63, 3.8) is 0 Å². The van der Waals surface area contributed by atoms with E-state index in [4.69, 9.17) is 4.55 Å². The summed E-state index contributed by atoms with van der Waals surface area (Å²) in [6, 6.07) is 0. The molecule has 1 aliphatic rings. The first kappa shape index (κ1) is 6.89. The molecule has 0 aromatic heterocycles. The summed E-state index contributed by atoms with van der Waals surface area (Å²) in [5.74, 6) is -0.164. The number of ketones is 1. The Labute approximate surface area is 55.7 Å². The van der Waals surface area contributed by atoms with Gasteiger partial charge in [-0.25, -0.2) is 4.21 Å². The number of Topliss-reactive ketones (excluding diaryl/α,β-unsaturated/α-hetero) is 1. The van der Waals surface area contributed by atoms with Crippen LogP contribution in [-0.4, -0.2) is 19.3 Å². The zero-order chi connectivity index (χ0) is 7.07. The number of rotatable bonds is 2.